The van der Waals surface area contributed by atoms with Crippen LogP contribution in [0.1, 0.15) is 30.4 Å². The molecule has 2 aromatic rings. The maximum absolute atomic E-state index is 12.7. The van der Waals surface area contributed by atoms with Crippen LogP contribution in [0.3, 0.4) is 0 Å². The molecule has 0 atom stereocenters. The molecule has 1 heterocycles. The maximum Gasteiger partial charge on any atom is 0.416 e. The third-order valence-electron chi connectivity index (χ3n) is 5.27. The van der Waals surface area contributed by atoms with E-state index in [1.54, 1.807) is 18.2 Å². The zero-order chi connectivity index (χ0) is 21.9. The second-order valence-electron chi connectivity index (χ2n) is 7.47. The Balaban J connectivity index is 1.56. The van der Waals surface area contributed by atoms with Gasteiger partial charge in [0, 0.05) is 41.9 Å². The Kier molecular flexibility index (Phi) is 6.02. The van der Waals surface area contributed by atoms with E-state index in [2.05, 4.69) is 5.32 Å². The molecule has 5 N–H and O–H groups in total. The number of aliphatic hydroxyl groups is 1. The van der Waals surface area contributed by atoms with Gasteiger partial charge in [-0.3, -0.25) is 4.79 Å². The van der Waals surface area contributed by atoms with Crippen LogP contribution in [-0.4, -0.2) is 35.9 Å². The van der Waals surface area contributed by atoms with Gasteiger partial charge in [0.1, 0.15) is 0 Å². The van der Waals surface area contributed by atoms with Crippen LogP contribution in [0.4, 0.5) is 30.2 Å². The van der Waals surface area contributed by atoms with E-state index in [9.17, 15) is 23.1 Å². The lowest BCUT2D eigenvalue weighted by Gasteiger charge is -2.39. The number of nitrogen functional groups attached to an aromatic ring is 1. The van der Waals surface area contributed by atoms with Crippen molar-refractivity contribution in [1.82, 2.24) is 0 Å². The zero-order valence-corrected chi connectivity index (χ0v) is 16.2. The summed E-state index contributed by atoms with van der Waals surface area (Å²) in [5.74, 6) is -0.360. The maximum atomic E-state index is 12.7. The first-order valence-corrected chi connectivity index (χ1v) is 9.44. The first-order chi connectivity index (χ1) is 14.1. The van der Waals surface area contributed by atoms with E-state index >= 15 is 0 Å². The van der Waals surface area contributed by atoms with Crippen LogP contribution in [0, 0.1) is 5.41 Å². The Morgan fingerprint density at radius 2 is 1.83 bits per heavy atom. The third-order valence-corrected chi connectivity index (χ3v) is 5.27. The molecule has 1 saturated heterocycles. The molecule has 1 fully saturated rings. The van der Waals surface area contributed by atoms with E-state index in [4.69, 9.17) is 11.1 Å². The highest BCUT2D eigenvalue weighted by molar-refractivity contribution is 5.94. The molecule has 6 nitrogen and oxygen atoms in total. The van der Waals surface area contributed by atoms with Gasteiger partial charge < -0.3 is 26.5 Å². The molecule has 0 unspecified atom stereocenters. The van der Waals surface area contributed by atoms with E-state index in [1.165, 1.54) is 12.1 Å². The van der Waals surface area contributed by atoms with Gasteiger partial charge in [0.05, 0.1) is 17.6 Å². The lowest BCUT2D eigenvalue weighted by molar-refractivity contribution is -0.137. The highest BCUT2D eigenvalue weighted by Crippen LogP contribution is 2.33. The van der Waals surface area contributed by atoms with Crippen LogP contribution >= 0.6 is 0 Å². The van der Waals surface area contributed by atoms with Crippen molar-refractivity contribution in [2.24, 2.45) is 0 Å². The van der Waals surface area contributed by atoms with Gasteiger partial charge in [-0.15, -0.1) is 0 Å². The van der Waals surface area contributed by atoms with Crippen molar-refractivity contribution in [3.05, 3.63) is 53.6 Å². The normalized spacial score (nSPS) is 16.2. The average Bonchev–Trinajstić information content (AvgIpc) is 2.69. The Morgan fingerprint density at radius 1 is 1.20 bits per heavy atom. The second kappa shape index (κ2) is 8.35. The van der Waals surface area contributed by atoms with E-state index < -0.39 is 17.3 Å². The second-order valence-corrected chi connectivity index (χ2v) is 7.47. The number of rotatable bonds is 5. The summed E-state index contributed by atoms with van der Waals surface area (Å²) in [6.07, 6.45) is -2.75. The molecular weight excluding hydrogens is 397 g/mol. The Labute approximate surface area is 172 Å². The smallest absolute Gasteiger partial charge is 0.398 e. The average molecular weight is 420 g/mol. The Morgan fingerprint density at radius 3 is 2.40 bits per heavy atom. The molecule has 0 saturated carbocycles. The summed E-state index contributed by atoms with van der Waals surface area (Å²) in [6, 6.07) is 9.71. The first kappa shape index (κ1) is 21.6. The molecule has 1 aliphatic heterocycles. The van der Waals surface area contributed by atoms with E-state index in [1.807, 2.05) is 4.90 Å². The summed E-state index contributed by atoms with van der Waals surface area (Å²) in [4.78, 5) is 14.3. The van der Waals surface area contributed by atoms with Crippen molar-refractivity contribution in [3.8, 4) is 0 Å². The highest BCUT2D eigenvalue weighted by Gasteiger charge is 2.35. The molecule has 30 heavy (non-hydrogen) atoms. The number of piperidine rings is 1. The lowest BCUT2D eigenvalue weighted by atomic mass is 9.87. The molecule has 1 aliphatic rings. The number of carbonyl (C=O) groups is 1. The van der Waals surface area contributed by atoms with Gasteiger partial charge in [0.25, 0.3) is 0 Å². The van der Waals surface area contributed by atoms with Crippen molar-refractivity contribution < 1.29 is 23.1 Å². The summed E-state index contributed by atoms with van der Waals surface area (Å²) in [6.45, 7) is 0.851. The minimum absolute atomic E-state index is 0.0991. The standard InChI is InChI=1S/C21H23F3N4O2/c22-21(23,24)15-1-4-17(5-2-15)28-9-7-20(30,8-10-28)12-19(29)27-16-3-6-18(26)14(11-16)13-25/h1-6,11,13,25,30H,7-10,12,26H2,(H,27,29). The van der Waals surface area contributed by atoms with Gasteiger partial charge in [-0.2, -0.15) is 13.2 Å². The molecule has 0 radical (unpaired) electrons. The fourth-order valence-corrected chi connectivity index (χ4v) is 3.50. The number of benzene rings is 2. The summed E-state index contributed by atoms with van der Waals surface area (Å²) in [5, 5.41) is 20.8. The number of alkyl halides is 3. The minimum atomic E-state index is -4.38. The molecule has 2 aromatic carbocycles. The number of anilines is 3. The number of nitrogens with zero attached hydrogens (tertiary/aromatic N) is 1. The molecule has 160 valence electrons. The van der Waals surface area contributed by atoms with Crippen LogP contribution in [0.5, 0.6) is 0 Å². The van der Waals surface area contributed by atoms with E-state index in [0.717, 1.165) is 18.3 Å². The molecule has 9 heteroatoms. The Hall–Kier alpha value is -3.07. The van der Waals surface area contributed by atoms with Crippen LogP contribution in [0.15, 0.2) is 42.5 Å². The topological polar surface area (TPSA) is 102 Å². The number of hydrogen-bond acceptors (Lipinski definition) is 5. The largest absolute Gasteiger partial charge is 0.416 e. The van der Waals surface area contributed by atoms with Crippen molar-refractivity contribution >= 4 is 29.2 Å². The molecule has 0 aliphatic carbocycles. The lowest BCUT2D eigenvalue weighted by Crippen LogP contribution is -2.46. The monoisotopic (exact) mass is 420 g/mol. The predicted octanol–water partition coefficient (Wildman–Crippen LogP) is 3.65. The number of carbonyl (C=O) groups excluding carboxylic acids is 1. The van der Waals surface area contributed by atoms with Crippen LogP contribution in [0.2, 0.25) is 0 Å². The number of halogens is 3. The third kappa shape index (κ3) is 5.10. The summed E-state index contributed by atoms with van der Waals surface area (Å²) >= 11 is 0. The molecule has 0 bridgehead atoms. The van der Waals surface area contributed by atoms with E-state index in [0.29, 0.717) is 48.6 Å². The van der Waals surface area contributed by atoms with Crippen molar-refractivity contribution in [2.75, 3.05) is 29.0 Å². The van der Waals surface area contributed by atoms with Crippen LogP contribution in [-0.2, 0) is 11.0 Å². The fraction of sp³-hybridized carbons (Fsp3) is 0.333. The van der Waals surface area contributed by atoms with Crippen molar-refractivity contribution in [3.63, 3.8) is 0 Å². The predicted molar refractivity (Wildman–Crippen MR) is 110 cm³/mol. The van der Waals surface area contributed by atoms with Crippen molar-refractivity contribution in [2.45, 2.75) is 31.0 Å². The number of nitrogens with one attached hydrogen (secondary N) is 2. The number of hydrogen-bond donors (Lipinski definition) is 4. The van der Waals surface area contributed by atoms with Crippen molar-refractivity contribution in [1.29, 1.82) is 5.41 Å². The quantitative estimate of drug-likeness (QED) is 0.438. The SMILES string of the molecule is N=Cc1cc(NC(=O)CC2(O)CCN(c3ccc(C(F)(F)F)cc3)CC2)ccc1N. The van der Waals surface area contributed by atoms with Crippen LogP contribution in [0.25, 0.3) is 0 Å². The van der Waals surface area contributed by atoms with Gasteiger partial charge in [0.15, 0.2) is 0 Å². The van der Waals surface area contributed by atoms with Gasteiger partial charge in [0.2, 0.25) is 5.91 Å². The zero-order valence-electron chi connectivity index (χ0n) is 16.2. The summed E-state index contributed by atoms with van der Waals surface area (Å²) < 4.78 is 38.1. The Bertz CT molecular complexity index is 921. The van der Waals surface area contributed by atoms with Crippen LogP contribution < -0.4 is 16.0 Å². The fourth-order valence-electron chi connectivity index (χ4n) is 3.50. The molecular formula is C21H23F3N4O2. The molecule has 0 spiro atoms. The number of nitrogens with two attached hydrogens (primary N) is 1. The molecule has 0 aromatic heterocycles. The van der Waals surface area contributed by atoms with Gasteiger partial charge in [-0.25, -0.2) is 0 Å². The van der Waals surface area contributed by atoms with Gasteiger partial charge in [-0.05, 0) is 55.3 Å². The minimum Gasteiger partial charge on any atom is -0.398 e. The first-order valence-electron chi connectivity index (χ1n) is 9.44. The van der Waals surface area contributed by atoms with E-state index in [-0.39, 0.29) is 12.3 Å². The van der Waals surface area contributed by atoms with Gasteiger partial charge in [-0.1, -0.05) is 0 Å². The molecule has 3 rings (SSSR count). The number of amides is 1. The highest BCUT2D eigenvalue weighted by atomic mass is 19.4. The molecule has 1 amide bonds. The summed E-state index contributed by atoms with van der Waals surface area (Å²) in [5.41, 5.74) is 5.88. The summed E-state index contributed by atoms with van der Waals surface area (Å²) in [7, 11) is 0. The van der Waals surface area contributed by atoms with Gasteiger partial charge >= 0.3 is 6.18 Å².